The fraction of sp³-hybridized carbons (Fsp3) is 0.375. The average Bonchev–Trinajstić information content (AvgIpc) is 3.10. The van der Waals surface area contributed by atoms with Gasteiger partial charge < -0.3 is 9.73 Å². The van der Waals surface area contributed by atoms with Crippen LogP contribution in [0.2, 0.25) is 0 Å². The minimum atomic E-state index is -3.55. The standard InChI is InChI=1S/C24H28N2O4S/c1-4-19-7-5-6-14-26(19)31(28,29)20-11-9-18(10-12-20)25-24(27)23-17(3)21-15-16(2)8-13-22(21)30-23/h8-13,15,19H,4-7,14H2,1-3H3,(H,25,27)/t19-/m0/s1. The fourth-order valence-corrected chi connectivity index (χ4v) is 6.05. The molecule has 0 radical (unpaired) electrons. The Labute approximate surface area is 183 Å². The lowest BCUT2D eigenvalue weighted by Crippen LogP contribution is -2.43. The number of furan rings is 1. The van der Waals surface area contributed by atoms with Crippen molar-refractivity contribution in [3.05, 3.63) is 59.4 Å². The van der Waals surface area contributed by atoms with Crippen LogP contribution < -0.4 is 5.32 Å². The van der Waals surface area contributed by atoms with Gasteiger partial charge in [-0.1, -0.05) is 25.0 Å². The molecule has 1 atom stereocenters. The van der Waals surface area contributed by atoms with Crippen molar-refractivity contribution >= 4 is 32.6 Å². The third-order valence-corrected chi connectivity index (χ3v) is 8.03. The molecule has 1 aromatic heterocycles. The van der Waals surface area contributed by atoms with Gasteiger partial charge in [-0.05, 0) is 69.5 Å². The molecule has 0 aliphatic carbocycles. The maximum Gasteiger partial charge on any atom is 0.291 e. The molecule has 0 spiro atoms. The molecule has 1 N–H and O–H groups in total. The number of rotatable bonds is 5. The summed E-state index contributed by atoms with van der Waals surface area (Å²) >= 11 is 0. The zero-order valence-corrected chi connectivity index (χ0v) is 19.0. The predicted octanol–water partition coefficient (Wildman–Crippen LogP) is 5.26. The van der Waals surface area contributed by atoms with Gasteiger partial charge in [0.1, 0.15) is 5.58 Å². The summed E-state index contributed by atoms with van der Waals surface area (Å²) in [7, 11) is -3.55. The largest absolute Gasteiger partial charge is 0.451 e. The van der Waals surface area contributed by atoms with E-state index < -0.39 is 10.0 Å². The van der Waals surface area contributed by atoms with Gasteiger partial charge in [0.2, 0.25) is 10.0 Å². The summed E-state index contributed by atoms with van der Waals surface area (Å²) in [6, 6.07) is 12.2. The van der Waals surface area contributed by atoms with Crippen molar-refractivity contribution in [1.82, 2.24) is 4.31 Å². The van der Waals surface area contributed by atoms with Gasteiger partial charge in [-0.25, -0.2) is 8.42 Å². The first-order valence-electron chi connectivity index (χ1n) is 10.7. The summed E-state index contributed by atoms with van der Waals surface area (Å²) in [6.45, 7) is 6.44. The number of carbonyl (C=O) groups excluding carboxylic acids is 1. The van der Waals surface area contributed by atoms with Crippen molar-refractivity contribution in [1.29, 1.82) is 0 Å². The van der Waals surface area contributed by atoms with Crippen LogP contribution in [0, 0.1) is 13.8 Å². The molecule has 31 heavy (non-hydrogen) atoms. The normalized spacial score (nSPS) is 17.7. The third kappa shape index (κ3) is 4.12. The molecule has 1 saturated heterocycles. The molecule has 164 valence electrons. The molecule has 7 heteroatoms. The van der Waals surface area contributed by atoms with Crippen LogP contribution in [0.15, 0.2) is 51.8 Å². The summed E-state index contributed by atoms with van der Waals surface area (Å²) in [5.41, 5.74) is 3.07. The van der Waals surface area contributed by atoms with E-state index in [4.69, 9.17) is 4.42 Å². The van der Waals surface area contributed by atoms with Crippen molar-refractivity contribution < 1.29 is 17.6 Å². The Morgan fingerprint density at radius 3 is 2.58 bits per heavy atom. The van der Waals surface area contributed by atoms with Crippen LogP contribution >= 0.6 is 0 Å². The molecule has 3 aromatic rings. The first-order valence-corrected chi connectivity index (χ1v) is 12.2. The molecule has 0 saturated carbocycles. The van der Waals surface area contributed by atoms with Gasteiger partial charge in [0.15, 0.2) is 5.76 Å². The fourth-order valence-electron chi connectivity index (χ4n) is 4.28. The molecule has 0 bridgehead atoms. The highest BCUT2D eigenvalue weighted by Gasteiger charge is 2.32. The maximum absolute atomic E-state index is 13.1. The lowest BCUT2D eigenvalue weighted by atomic mass is 10.0. The van der Waals surface area contributed by atoms with Crippen LogP contribution in [-0.2, 0) is 10.0 Å². The predicted molar refractivity (Wildman–Crippen MR) is 122 cm³/mol. The van der Waals surface area contributed by atoms with Gasteiger partial charge in [0, 0.05) is 29.2 Å². The highest BCUT2D eigenvalue weighted by molar-refractivity contribution is 7.89. The van der Waals surface area contributed by atoms with Gasteiger partial charge in [0.25, 0.3) is 5.91 Å². The molecular weight excluding hydrogens is 412 g/mol. The first-order chi connectivity index (χ1) is 14.8. The van der Waals surface area contributed by atoms with E-state index in [0.717, 1.165) is 42.2 Å². The topological polar surface area (TPSA) is 79.6 Å². The Bertz CT molecular complexity index is 1210. The number of hydrogen-bond acceptors (Lipinski definition) is 4. The Hall–Kier alpha value is -2.64. The van der Waals surface area contributed by atoms with E-state index in [9.17, 15) is 13.2 Å². The van der Waals surface area contributed by atoms with E-state index in [1.807, 2.05) is 39.0 Å². The van der Waals surface area contributed by atoms with Crippen molar-refractivity contribution in [3.8, 4) is 0 Å². The number of aryl methyl sites for hydroxylation is 2. The summed E-state index contributed by atoms with van der Waals surface area (Å²) in [4.78, 5) is 13.0. The summed E-state index contributed by atoms with van der Waals surface area (Å²) < 4.78 is 33.6. The molecule has 0 unspecified atom stereocenters. The number of piperidine rings is 1. The van der Waals surface area contributed by atoms with Crippen LogP contribution in [0.1, 0.15) is 54.3 Å². The first kappa shape index (κ1) is 21.6. The van der Waals surface area contributed by atoms with E-state index in [-0.39, 0.29) is 22.6 Å². The van der Waals surface area contributed by atoms with Crippen LogP contribution in [0.4, 0.5) is 5.69 Å². The number of fused-ring (bicyclic) bond motifs is 1. The average molecular weight is 441 g/mol. The van der Waals surface area contributed by atoms with E-state index in [0.29, 0.717) is 17.8 Å². The number of carbonyl (C=O) groups is 1. The van der Waals surface area contributed by atoms with Crippen molar-refractivity contribution in [2.24, 2.45) is 0 Å². The monoisotopic (exact) mass is 440 g/mol. The van der Waals surface area contributed by atoms with E-state index >= 15 is 0 Å². The number of nitrogens with one attached hydrogen (secondary N) is 1. The van der Waals surface area contributed by atoms with Crippen LogP contribution in [0.25, 0.3) is 11.0 Å². The Morgan fingerprint density at radius 2 is 1.87 bits per heavy atom. The SMILES string of the molecule is CC[C@H]1CCCCN1S(=O)(=O)c1ccc(NC(=O)c2oc3ccc(C)cc3c2C)cc1. The smallest absolute Gasteiger partial charge is 0.291 e. The second-order valence-corrected chi connectivity index (χ2v) is 10.1. The number of sulfonamides is 1. The van der Waals surface area contributed by atoms with Crippen molar-refractivity contribution in [3.63, 3.8) is 0 Å². The molecular formula is C24H28N2O4S. The maximum atomic E-state index is 13.1. The number of hydrogen-bond donors (Lipinski definition) is 1. The minimum Gasteiger partial charge on any atom is -0.451 e. The van der Waals surface area contributed by atoms with E-state index in [2.05, 4.69) is 5.32 Å². The molecule has 4 rings (SSSR count). The van der Waals surface area contributed by atoms with Gasteiger partial charge in [-0.15, -0.1) is 0 Å². The molecule has 1 amide bonds. The number of nitrogens with zero attached hydrogens (tertiary/aromatic N) is 1. The molecule has 1 aliphatic rings. The lowest BCUT2D eigenvalue weighted by Gasteiger charge is -2.34. The zero-order valence-electron chi connectivity index (χ0n) is 18.1. The third-order valence-electron chi connectivity index (χ3n) is 6.06. The number of benzene rings is 2. The van der Waals surface area contributed by atoms with Gasteiger partial charge in [-0.3, -0.25) is 4.79 Å². The van der Waals surface area contributed by atoms with Gasteiger partial charge >= 0.3 is 0 Å². The second-order valence-electron chi connectivity index (χ2n) is 8.21. The molecule has 2 heterocycles. The zero-order chi connectivity index (χ0) is 22.2. The molecule has 2 aromatic carbocycles. The number of anilines is 1. The highest BCUT2D eigenvalue weighted by Crippen LogP contribution is 2.29. The molecule has 1 aliphatic heterocycles. The summed E-state index contributed by atoms with van der Waals surface area (Å²) in [5.74, 6) is -0.0968. The lowest BCUT2D eigenvalue weighted by molar-refractivity contribution is 0.0998. The molecule has 6 nitrogen and oxygen atoms in total. The van der Waals surface area contributed by atoms with E-state index in [1.54, 1.807) is 28.6 Å². The highest BCUT2D eigenvalue weighted by atomic mass is 32.2. The van der Waals surface area contributed by atoms with Crippen LogP contribution in [-0.4, -0.2) is 31.2 Å². The van der Waals surface area contributed by atoms with Crippen molar-refractivity contribution in [2.45, 2.75) is 57.4 Å². The van der Waals surface area contributed by atoms with E-state index in [1.165, 1.54) is 0 Å². The van der Waals surface area contributed by atoms with Crippen LogP contribution in [0.5, 0.6) is 0 Å². The summed E-state index contributed by atoms with van der Waals surface area (Å²) in [5, 5.41) is 3.73. The van der Waals surface area contributed by atoms with Crippen molar-refractivity contribution in [2.75, 3.05) is 11.9 Å². The quantitative estimate of drug-likeness (QED) is 0.587. The second kappa shape index (κ2) is 8.48. The van der Waals surface area contributed by atoms with Gasteiger partial charge in [-0.2, -0.15) is 4.31 Å². The Balaban J connectivity index is 1.53. The van der Waals surface area contributed by atoms with Crippen LogP contribution in [0.3, 0.4) is 0 Å². The van der Waals surface area contributed by atoms with Gasteiger partial charge in [0.05, 0.1) is 4.90 Å². The molecule has 1 fully saturated rings. The minimum absolute atomic E-state index is 0.0535. The Morgan fingerprint density at radius 1 is 1.13 bits per heavy atom. The summed E-state index contributed by atoms with van der Waals surface area (Å²) in [6.07, 6.45) is 3.67. The Kier molecular flexibility index (Phi) is 5.90. The number of amides is 1.